The Morgan fingerprint density at radius 1 is 1.07 bits per heavy atom. The van der Waals surface area contributed by atoms with Crippen molar-refractivity contribution in [1.29, 1.82) is 5.26 Å². The third-order valence-corrected chi connectivity index (χ3v) is 4.26. The molecule has 11 heteroatoms. The number of nitriles is 1. The fraction of sp³-hybridized carbons (Fsp3) is 0.312. The van der Waals surface area contributed by atoms with E-state index in [4.69, 9.17) is 4.74 Å². The number of alkyl halides is 6. The van der Waals surface area contributed by atoms with E-state index in [1.165, 1.54) is 7.11 Å². The third kappa shape index (κ3) is 4.45. The van der Waals surface area contributed by atoms with E-state index < -0.39 is 34.8 Å². The van der Waals surface area contributed by atoms with Gasteiger partial charge in [0.2, 0.25) is 0 Å². The van der Waals surface area contributed by atoms with Crippen LogP contribution >= 0.6 is 15.9 Å². The number of aromatic nitrogens is 1. The molecule has 146 valence electrons. The first-order valence-corrected chi connectivity index (χ1v) is 7.95. The van der Waals surface area contributed by atoms with E-state index >= 15 is 0 Å². The highest BCUT2D eigenvalue weighted by atomic mass is 79.9. The average Bonchev–Trinajstić information content (AvgIpc) is 2.86. The SMILES string of the molecule is COCOCn1c(-c2ccc(C(F)(F)F)cc2)c(C#N)c(Br)c1C(F)(F)F. The van der Waals surface area contributed by atoms with Crippen LogP contribution in [-0.2, 0) is 28.6 Å². The summed E-state index contributed by atoms with van der Waals surface area (Å²) in [5.74, 6) is 0. The van der Waals surface area contributed by atoms with Crippen LogP contribution < -0.4 is 0 Å². The van der Waals surface area contributed by atoms with Crippen LogP contribution in [0, 0.1) is 11.3 Å². The molecule has 0 amide bonds. The van der Waals surface area contributed by atoms with Crippen LogP contribution in [0.3, 0.4) is 0 Å². The first kappa shape index (κ1) is 21.3. The zero-order valence-corrected chi connectivity index (χ0v) is 15.2. The van der Waals surface area contributed by atoms with Crippen molar-refractivity contribution in [1.82, 2.24) is 4.57 Å². The normalized spacial score (nSPS) is 12.3. The third-order valence-electron chi connectivity index (χ3n) is 3.49. The molecule has 2 rings (SSSR count). The summed E-state index contributed by atoms with van der Waals surface area (Å²) in [6.07, 6.45) is -9.44. The van der Waals surface area contributed by atoms with Crippen molar-refractivity contribution in [3.05, 3.63) is 45.6 Å². The first-order chi connectivity index (χ1) is 12.5. The summed E-state index contributed by atoms with van der Waals surface area (Å²) in [6, 6.07) is 5.10. The standard InChI is InChI=1S/C16H11BrF6N2O2/c1-26-8-27-7-25-13(9-2-4-10(5-3-9)15(18,19)20)11(6-24)12(17)14(25)16(21,22)23/h2-5H,7-8H2,1H3. The van der Waals surface area contributed by atoms with Gasteiger partial charge in [0.1, 0.15) is 25.3 Å². The second-order valence-corrected chi connectivity index (χ2v) is 6.03. The lowest BCUT2D eigenvalue weighted by atomic mass is 10.1. The maximum absolute atomic E-state index is 13.5. The zero-order chi connectivity index (χ0) is 20.4. The van der Waals surface area contributed by atoms with Gasteiger partial charge in [0.05, 0.1) is 21.3 Å². The summed E-state index contributed by atoms with van der Waals surface area (Å²) in [5, 5.41) is 9.31. The molecule has 0 N–H and O–H groups in total. The van der Waals surface area contributed by atoms with E-state index in [9.17, 15) is 31.6 Å². The first-order valence-electron chi connectivity index (χ1n) is 7.16. The van der Waals surface area contributed by atoms with Gasteiger partial charge in [0, 0.05) is 7.11 Å². The average molecular weight is 457 g/mol. The van der Waals surface area contributed by atoms with Crippen molar-refractivity contribution >= 4 is 15.9 Å². The molecule has 1 aromatic carbocycles. The zero-order valence-electron chi connectivity index (χ0n) is 13.6. The molecule has 0 unspecified atom stereocenters. The Morgan fingerprint density at radius 3 is 2.11 bits per heavy atom. The Morgan fingerprint density at radius 2 is 1.67 bits per heavy atom. The second kappa shape index (κ2) is 7.92. The second-order valence-electron chi connectivity index (χ2n) is 5.24. The van der Waals surface area contributed by atoms with Crippen LogP contribution in [0.25, 0.3) is 11.3 Å². The summed E-state index contributed by atoms with van der Waals surface area (Å²) in [6.45, 7) is -0.944. The molecule has 2 aromatic rings. The van der Waals surface area contributed by atoms with Gasteiger partial charge in [-0.05, 0) is 33.6 Å². The summed E-state index contributed by atoms with van der Waals surface area (Å²) < 4.78 is 88.4. The molecule has 0 saturated heterocycles. The summed E-state index contributed by atoms with van der Waals surface area (Å²) >= 11 is 2.77. The highest BCUT2D eigenvalue weighted by Crippen LogP contribution is 2.43. The van der Waals surface area contributed by atoms with Gasteiger partial charge in [-0.1, -0.05) is 12.1 Å². The maximum atomic E-state index is 13.5. The molecule has 0 aliphatic rings. The predicted molar refractivity (Wildman–Crippen MR) is 85.2 cm³/mol. The van der Waals surface area contributed by atoms with Crippen molar-refractivity contribution in [2.24, 2.45) is 0 Å². The van der Waals surface area contributed by atoms with Crippen molar-refractivity contribution < 1.29 is 35.8 Å². The van der Waals surface area contributed by atoms with Crippen LogP contribution in [0.4, 0.5) is 26.3 Å². The van der Waals surface area contributed by atoms with Crippen molar-refractivity contribution in [3.8, 4) is 17.3 Å². The highest BCUT2D eigenvalue weighted by Gasteiger charge is 2.41. The molecule has 27 heavy (non-hydrogen) atoms. The van der Waals surface area contributed by atoms with Gasteiger partial charge >= 0.3 is 12.4 Å². The molecule has 0 spiro atoms. The molecule has 0 fully saturated rings. The van der Waals surface area contributed by atoms with E-state index in [1.54, 1.807) is 6.07 Å². The lowest BCUT2D eigenvalue weighted by molar-refractivity contribution is -0.148. The van der Waals surface area contributed by atoms with Crippen molar-refractivity contribution in [2.45, 2.75) is 19.1 Å². The smallest absolute Gasteiger partial charge is 0.359 e. The summed E-state index contributed by atoms with van der Waals surface area (Å²) in [4.78, 5) is 0. The number of hydrogen-bond donors (Lipinski definition) is 0. The minimum atomic E-state index is -4.84. The maximum Gasteiger partial charge on any atom is 0.432 e. The number of halogens is 7. The molecule has 0 saturated carbocycles. The van der Waals surface area contributed by atoms with Gasteiger partial charge in [-0.2, -0.15) is 31.6 Å². The molecule has 0 radical (unpaired) electrons. The van der Waals surface area contributed by atoms with Gasteiger partial charge in [0.25, 0.3) is 0 Å². The Hall–Kier alpha value is -2.03. The number of nitrogens with zero attached hydrogens (tertiary/aromatic N) is 2. The molecule has 0 atom stereocenters. The van der Waals surface area contributed by atoms with E-state index in [2.05, 4.69) is 20.7 Å². The number of benzene rings is 1. The summed E-state index contributed by atoms with van der Waals surface area (Å²) in [5.41, 5.74) is -2.75. The van der Waals surface area contributed by atoms with E-state index in [0.717, 1.165) is 24.3 Å². The molecule has 4 nitrogen and oxygen atoms in total. The number of ether oxygens (including phenoxy) is 2. The minimum absolute atomic E-state index is 0.00299. The van der Waals surface area contributed by atoms with E-state index in [0.29, 0.717) is 4.57 Å². The van der Waals surface area contributed by atoms with Gasteiger partial charge in [-0.15, -0.1) is 0 Å². The van der Waals surface area contributed by atoms with Crippen LogP contribution in [0.5, 0.6) is 0 Å². The van der Waals surface area contributed by atoms with E-state index in [1.807, 2.05) is 0 Å². The minimum Gasteiger partial charge on any atom is -0.359 e. The number of rotatable bonds is 5. The summed E-state index contributed by atoms with van der Waals surface area (Å²) in [7, 11) is 1.27. The van der Waals surface area contributed by atoms with Gasteiger partial charge in [0.15, 0.2) is 0 Å². The highest BCUT2D eigenvalue weighted by molar-refractivity contribution is 9.10. The molecule has 0 bridgehead atoms. The predicted octanol–water partition coefficient (Wildman–Crippen LogP) is 5.40. The van der Waals surface area contributed by atoms with E-state index in [-0.39, 0.29) is 23.6 Å². The van der Waals surface area contributed by atoms with Gasteiger partial charge in [-0.25, -0.2) is 0 Å². The quantitative estimate of drug-likeness (QED) is 0.343. The molecule has 1 heterocycles. The lowest BCUT2D eigenvalue weighted by Gasteiger charge is -2.16. The van der Waals surface area contributed by atoms with Crippen molar-refractivity contribution in [2.75, 3.05) is 13.9 Å². The molecule has 0 aliphatic heterocycles. The van der Waals surface area contributed by atoms with Gasteiger partial charge in [-0.3, -0.25) is 0 Å². The lowest BCUT2D eigenvalue weighted by Crippen LogP contribution is -2.17. The molecule has 0 aliphatic carbocycles. The van der Waals surface area contributed by atoms with Crippen LogP contribution in [0.2, 0.25) is 0 Å². The van der Waals surface area contributed by atoms with Gasteiger partial charge < -0.3 is 14.0 Å². The fourth-order valence-corrected chi connectivity index (χ4v) is 3.14. The largest absolute Gasteiger partial charge is 0.432 e. The molecule has 1 aromatic heterocycles. The number of methoxy groups -OCH3 is 1. The van der Waals surface area contributed by atoms with Crippen LogP contribution in [0.15, 0.2) is 28.7 Å². The number of hydrogen-bond acceptors (Lipinski definition) is 3. The Kier molecular flexibility index (Phi) is 6.24. The topological polar surface area (TPSA) is 47.2 Å². The van der Waals surface area contributed by atoms with Crippen LogP contribution in [-0.4, -0.2) is 18.5 Å². The molecular formula is C16H11BrF6N2O2. The Labute approximate surface area is 158 Å². The monoisotopic (exact) mass is 456 g/mol. The fourth-order valence-electron chi connectivity index (χ4n) is 2.43. The Balaban J connectivity index is 2.68. The Bertz CT molecular complexity index is 850. The molecular weight excluding hydrogens is 446 g/mol. The van der Waals surface area contributed by atoms with Crippen LogP contribution in [0.1, 0.15) is 16.8 Å². The van der Waals surface area contributed by atoms with Crippen molar-refractivity contribution in [3.63, 3.8) is 0 Å².